The number of benzene rings is 2. The minimum absolute atomic E-state index is 0.294. The Morgan fingerprint density at radius 2 is 1.67 bits per heavy atom. The summed E-state index contributed by atoms with van der Waals surface area (Å²) in [4.78, 5) is 8.24. The van der Waals surface area contributed by atoms with E-state index in [2.05, 4.69) is 15.3 Å². The molecular formula is C21H16N6. The van der Waals surface area contributed by atoms with Gasteiger partial charge in [-0.25, -0.2) is 14.6 Å². The third-order valence-corrected chi connectivity index (χ3v) is 4.08. The Hall–Kier alpha value is -3.98. The van der Waals surface area contributed by atoms with Gasteiger partial charge in [-0.15, -0.1) is 0 Å². The molecule has 0 amide bonds. The molecule has 0 bridgehead atoms. The van der Waals surface area contributed by atoms with Crippen molar-refractivity contribution in [2.45, 2.75) is 6.54 Å². The Balaban J connectivity index is 1.65. The van der Waals surface area contributed by atoms with Crippen LogP contribution >= 0.6 is 0 Å². The molecule has 4 aromatic rings. The molecule has 1 N–H and O–H groups in total. The summed E-state index contributed by atoms with van der Waals surface area (Å²) >= 11 is 0. The van der Waals surface area contributed by atoms with Crippen LogP contribution in [0.15, 0.2) is 79.3 Å². The fraction of sp³-hybridized carbons (Fsp3) is 0.0476. The molecule has 0 fully saturated rings. The molecule has 0 radical (unpaired) electrons. The van der Waals surface area contributed by atoms with E-state index in [1.807, 2.05) is 77.6 Å². The largest absolute Gasteiger partial charge is 0.365 e. The van der Waals surface area contributed by atoms with Crippen LogP contribution in [0.1, 0.15) is 11.3 Å². The third kappa shape index (κ3) is 3.67. The molecule has 0 aliphatic rings. The van der Waals surface area contributed by atoms with Gasteiger partial charge in [-0.3, -0.25) is 0 Å². The zero-order valence-corrected chi connectivity index (χ0v) is 14.4. The molecule has 2 aromatic carbocycles. The Labute approximate surface area is 156 Å². The number of rotatable bonds is 5. The first kappa shape index (κ1) is 16.5. The Morgan fingerprint density at radius 3 is 2.33 bits per heavy atom. The van der Waals surface area contributed by atoms with Gasteiger partial charge < -0.3 is 5.32 Å². The van der Waals surface area contributed by atoms with E-state index in [9.17, 15) is 0 Å². The molecule has 4 rings (SSSR count). The second-order valence-electron chi connectivity index (χ2n) is 5.90. The van der Waals surface area contributed by atoms with E-state index in [0.29, 0.717) is 18.1 Å². The summed E-state index contributed by atoms with van der Waals surface area (Å²) in [5.41, 5.74) is 4.29. The summed E-state index contributed by atoms with van der Waals surface area (Å²) in [7, 11) is 0. The lowest BCUT2D eigenvalue weighted by molar-refractivity contribution is 0.883. The maximum Gasteiger partial charge on any atom is 0.158 e. The van der Waals surface area contributed by atoms with E-state index in [4.69, 9.17) is 10.4 Å². The smallest absolute Gasteiger partial charge is 0.158 e. The van der Waals surface area contributed by atoms with Crippen LogP contribution in [-0.4, -0.2) is 19.7 Å². The van der Waals surface area contributed by atoms with Crippen LogP contribution in [-0.2, 0) is 6.54 Å². The van der Waals surface area contributed by atoms with Gasteiger partial charge in [-0.2, -0.15) is 10.4 Å². The normalized spacial score (nSPS) is 10.3. The quantitative estimate of drug-likeness (QED) is 0.591. The monoisotopic (exact) mass is 352 g/mol. The minimum atomic E-state index is 0.294. The highest BCUT2D eigenvalue weighted by Crippen LogP contribution is 2.24. The molecule has 2 heterocycles. The number of hydrogen-bond donors (Lipinski definition) is 1. The standard InChI is InChI=1S/C21H16N6/c22-11-18-13-25-20(14-23-18)24-12-17-15-27(19-9-5-2-6-10-19)26-21(17)16-7-3-1-4-8-16/h1-10,13-15H,12H2,(H,24,25). The first-order valence-electron chi connectivity index (χ1n) is 8.49. The van der Waals surface area contributed by atoms with Crippen molar-refractivity contribution in [1.29, 1.82) is 5.26 Å². The number of para-hydroxylation sites is 1. The first-order chi connectivity index (χ1) is 13.3. The van der Waals surface area contributed by atoms with Crippen molar-refractivity contribution in [3.63, 3.8) is 0 Å². The second-order valence-corrected chi connectivity index (χ2v) is 5.90. The topological polar surface area (TPSA) is 79.4 Å². The molecule has 0 aliphatic heterocycles. The lowest BCUT2D eigenvalue weighted by atomic mass is 10.1. The van der Waals surface area contributed by atoms with Crippen LogP contribution in [0.25, 0.3) is 16.9 Å². The van der Waals surface area contributed by atoms with Crippen molar-refractivity contribution in [3.8, 4) is 23.0 Å². The van der Waals surface area contributed by atoms with Crippen molar-refractivity contribution in [2.75, 3.05) is 5.32 Å². The fourth-order valence-electron chi connectivity index (χ4n) is 2.75. The first-order valence-corrected chi connectivity index (χ1v) is 8.49. The van der Waals surface area contributed by atoms with E-state index in [1.54, 1.807) is 6.20 Å². The fourth-order valence-corrected chi connectivity index (χ4v) is 2.75. The highest BCUT2D eigenvalue weighted by atomic mass is 15.3. The summed E-state index contributed by atoms with van der Waals surface area (Å²) in [6.45, 7) is 0.539. The van der Waals surface area contributed by atoms with Gasteiger partial charge in [0, 0.05) is 23.9 Å². The van der Waals surface area contributed by atoms with Crippen molar-refractivity contribution >= 4 is 5.82 Å². The second kappa shape index (κ2) is 7.50. The van der Waals surface area contributed by atoms with Crippen LogP contribution in [0.4, 0.5) is 5.82 Å². The molecule has 0 saturated heterocycles. The number of nitriles is 1. The molecule has 0 aliphatic carbocycles. The Bertz CT molecular complexity index is 1060. The van der Waals surface area contributed by atoms with Gasteiger partial charge in [-0.1, -0.05) is 48.5 Å². The summed E-state index contributed by atoms with van der Waals surface area (Å²) in [6, 6.07) is 22.0. The SMILES string of the molecule is N#Cc1cnc(NCc2cn(-c3ccccc3)nc2-c2ccccc2)cn1. The summed E-state index contributed by atoms with van der Waals surface area (Å²) in [5, 5.41) is 16.9. The lowest BCUT2D eigenvalue weighted by Gasteiger charge is -2.05. The number of aromatic nitrogens is 4. The predicted octanol–water partition coefficient (Wildman–Crippen LogP) is 3.81. The van der Waals surface area contributed by atoms with Crippen molar-refractivity contribution in [3.05, 3.63) is 90.5 Å². The zero-order chi connectivity index (χ0) is 18.5. The van der Waals surface area contributed by atoms with Crippen molar-refractivity contribution in [1.82, 2.24) is 19.7 Å². The Morgan fingerprint density at radius 1 is 0.926 bits per heavy atom. The zero-order valence-electron chi connectivity index (χ0n) is 14.4. The van der Waals surface area contributed by atoms with Gasteiger partial charge >= 0.3 is 0 Å². The van der Waals surface area contributed by atoms with Crippen LogP contribution in [0.5, 0.6) is 0 Å². The molecular weight excluding hydrogens is 336 g/mol. The van der Waals surface area contributed by atoms with Crippen LogP contribution < -0.4 is 5.32 Å². The lowest BCUT2D eigenvalue weighted by Crippen LogP contribution is -2.02. The van der Waals surface area contributed by atoms with Gasteiger partial charge in [0.2, 0.25) is 0 Å². The molecule has 0 unspecified atom stereocenters. The van der Waals surface area contributed by atoms with Crippen LogP contribution in [0, 0.1) is 11.3 Å². The third-order valence-electron chi connectivity index (χ3n) is 4.08. The molecule has 2 aromatic heterocycles. The van der Waals surface area contributed by atoms with Gasteiger partial charge in [0.15, 0.2) is 5.69 Å². The minimum Gasteiger partial charge on any atom is -0.365 e. The highest BCUT2D eigenvalue weighted by molar-refractivity contribution is 5.63. The van der Waals surface area contributed by atoms with Crippen molar-refractivity contribution in [2.24, 2.45) is 0 Å². The Kier molecular flexibility index (Phi) is 4.58. The molecule has 0 saturated carbocycles. The van der Waals surface area contributed by atoms with Gasteiger partial charge in [0.05, 0.1) is 23.8 Å². The number of anilines is 1. The van der Waals surface area contributed by atoms with Crippen LogP contribution in [0.2, 0.25) is 0 Å². The number of nitrogens with zero attached hydrogens (tertiary/aromatic N) is 5. The van der Waals surface area contributed by atoms with Gasteiger partial charge in [0.25, 0.3) is 0 Å². The van der Waals surface area contributed by atoms with E-state index >= 15 is 0 Å². The molecule has 27 heavy (non-hydrogen) atoms. The van der Waals surface area contributed by atoms with Crippen molar-refractivity contribution < 1.29 is 0 Å². The maximum atomic E-state index is 8.83. The summed E-state index contributed by atoms with van der Waals surface area (Å²) in [6.07, 6.45) is 5.03. The summed E-state index contributed by atoms with van der Waals surface area (Å²) < 4.78 is 1.88. The average Bonchev–Trinajstić information content (AvgIpc) is 3.18. The predicted molar refractivity (Wildman–Crippen MR) is 103 cm³/mol. The van der Waals surface area contributed by atoms with Crippen LogP contribution in [0.3, 0.4) is 0 Å². The van der Waals surface area contributed by atoms with E-state index < -0.39 is 0 Å². The number of nitrogens with one attached hydrogen (secondary N) is 1. The van der Waals surface area contributed by atoms with E-state index in [0.717, 1.165) is 22.5 Å². The molecule has 0 atom stereocenters. The van der Waals surface area contributed by atoms with Gasteiger partial charge in [0.1, 0.15) is 11.9 Å². The molecule has 130 valence electrons. The molecule has 0 spiro atoms. The molecule has 6 heteroatoms. The number of hydrogen-bond acceptors (Lipinski definition) is 5. The average molecular weight is 352 g/mol. The summed E-state index contributed by atoms with van der Waals surface area (Å²) in [5.74, 6) is 0.612. The van der Waals surface area contributed by atoms with Gasteiger partial charge in [-0.05, 0) is 12.1 Å². The van der Waals surface area contributed by atoms with E-state index in [-0.39, 0.29) is 0 Å². The maximum absolute atomic E-state index is 8.83. The molecule has 6 nitrogen and oxygen atoms in total. The highest BCUT2D eigenvalue weighted by Gasteiger charge is 2.12. The van der Waals surface area contributed by atoms with E-state index in [1.165, 1.54) is 6.20 Å².